The molecule has 5 nitrogen and oxygen atoms in total. The van der Waals surface area contributed by atoms with Crippen LogP contribution in [-0.4, -0.2) is 24.5 Å². The number of benzene rings is 2. The molecule has 0 radical (unpaired) electrons. The van der Waals surface area contributed by atoms with Gasteiger partial charge in [-0.25, -0.2) is 21.9 Å². The van der Waals surface area contributed by atoms with Crippen LogP contribution in [0.2, 0.25) is 0 Å². The van der Waals surface area contributed by atoms with Crippen LogP contribution in [0.4, 0.5) is 22.0 Å². The summed E-state index contributed by atoms with van der Waals surface area (Å²) in [6.07, 6.45) is -4.21. The first-order valence-electron chi connectivity index (χ1n) is 7.79. The fraction of sp³-hybridized carbons (Fsp3) is 0.111. The largest absolute Gasteiger partial charge is 0.435 e. The summed E-state index contributed by atoms with van der Waals surface area (Å²) >= 11 is 0. The molecular formula is C18H10F5N3O2S. The Bertz CT molecular complexity index is 1260. The predicted octanol–water partition coefficient (Wildman–Crippen LogP) is 4.11. The monoisotopic (exact) mass is 427 g/mol. The minimum Gasteiger partial charge on any atom is -0.229 e. The Kier molecular flexibility index (Phi) is 4.92. The minimum atomic E-state index is -4.88. The fourth-order valence-corrected chi connectivity index (χ4v) is 3.35. The molecule has 0 fully saturated rings. The molecule has 0 amide bonds. The van der Waals surface area contributed by atoms with E-state index in [1.54, 1.807) is 0 Å². The topological polar surface area (TPSA) is 75.8 Å². The van der Waals surface area contributed by atoms with Crippen LogP contribution < -0.4 is 0 Å². The van der Waals surface area contributed by atoms with Crippen LogP contribution >= 0.6 is 0 Å². The molecular weight excluding hydrogens is 417 g/mol. The van der Waals surface area contributed by atoms with Crippen molar-refractivity contribution in [1.29, 1.82) is 5.26 Å². The molecule has 1 heterocycles. The maximum Gasteiger partial charge on any atom is 0.435 e. The van der Waals surface area contributed by atoms with Crippen LogP contribution in [0.1, 0.15) is 11.3 Å². The van der Waals surface area contributed by atoms with Crippen molar-refractivity contribution in [3.05, 3.63) is 65.4 Å². The highest BCUT2D eigenvalue weighted by Crippen LogP contribution is 2.34. The third kappa shape index (κ3) is 3.97. The van der Waals surface area contributed by atoms with Crippen LogP contribution in [0.3, 0.4) is 0 Å². The summed E-state index contributed by atoms with van der Waals surface area (Å²) in [6.45, 7) is 0. The average Bonchev–Trinajstić information content (AvgIpc) is 3.08. The molecule has 150 valence electrons. The first kappa shape index (κ1) is 20.5. The summed E-state index contributed by atoms with van der Waals surface area (Å²) in [7, 11) is -4.10. The van der Waals surface area contributed by atoms with E-state index in [1.807, 2.05) is 6.07 Å². The van der Waals surface area contributed by atoms with Gasteiger partial charge >= 0.3 is 6.18 Å². The van der Waals surface area contributed by atoms with Crippen LogP contribution in [0.5, 0.6) is 0 Å². The maximum absolute atomic E-state index is 14.6. The molecule has 3 rings (SSSR count). The zero-order valence-corrected chi connectivity index (χ0v) is 15.3. The fourth-order valence-electron chi connectivity index (χ4n) is 2.62. The first-order valence-corrected chi connectivity index (χ1v) is 9.68. The van der Waals surface area contributed by atoms with Crippen molar-refractivity contribution in [2.24, 2.45) is 0 Å². The van der Waals surface area contributed by atoms with Gasteiger partial charge in [-0.2, -0.15) is 23.5 Å². The highest BCUT2D eigenvalue weighted by Gasteiger charge is 2.36. The molecule has 0 unspecified atom stereocenters. The second-order valence-corrected chi connectivity index (χ2v) is 8.01. The number of hydrogen-bond acceptors (Lipinski definition) is 4. The first-order chi connectivity index (χ1) is 13.4. The van der Waals surface area contributed by atoms with E-state index in [0.29, 0.717) is 29.1 Å². The molecule has 0 N–H and O–H groups in total. The number of nitriles is 1. The Balaban J connectivity index is 2.31. The summed E-state index contributed by atoms with van der Waals surface area (Å²) in [5.41, 5.74) is -2.13. The number of rotatable bonds is 3. The van der Waals surface area contributed by atoms with E-state index in [1.165, 1.54) is 24.3 Å². The highest BCUT2D eigenvalue weighted by molar-refractivity contribution is 7.90. The molecule has 11 heteroatoms. The summed E-state index contributed by atoms with van der Waals surface area (Å²) in [5.74, 6) is -2.63. The molecule has 0 aliphatic rings. The van der Waals surface area contributed by atoms with Gasteiger partial charge in [0.25, 0.3) is 0 Å². The third-order valence-electron chi connectivity index (χ3n) is 3.92. The van der Waals surface area contributed by atoms with E-state index in [0.717, 1.165) is 0 Å². The smallest absolute Gasteiger partial charge is 0.229 e. The lowest BCUT2D eigenvalue weighted by molar-refractivity contribution is -0.141. The zero-order valence-electron chi connectivity index (χ0n) is 14.5. The van der Waals surface area contributed by atoms with Crippen molar-refractivity contribution in [3.63, 3.8) is 0 Å². The molecule has 0 aliphatic carbocycles. The SMILES string of the molecule is CS(=O)(=O)c1cc(F)c(-n2nc(C(F)(F)F)cc2-c2cccc(C#N)c2)cc1F. The standard InChI is InChI=1S/C18H10F5N3O2S/c1-29(27,28)16-7-12(19)15(6-13(16)20)26-14(8-17(25-26)18(21,22)23)11-4-2-3-10(5-11)9-24/h2-8H,1H3. The van der Waals surface area contributed by atoms with E-state index in [9.17, 15) is 30.4 Å². The number of nitrogens with zero attached hydrogens (tertiary/aromatic N) is 3. The molecule has 0 spiro atoms. The van der Waals surface area contributed by atoms with Crippen LogP contribution in [0.25, 0.3) is 16.9 Å². The Morgan fingerprint density at radius 1 is 1.07 bits per heavy atom. The zero-order chi connectivity index (χ0) is 21.6. The number of hydrogen-bond donors (Lipinski definition) is 0. The van der Waals surface area contributed by atoms with Gasteiger partial charge in [-0.05, 0) is 24.3 Å². The van der Waals surface area contributed by atoms with E-state index in [2.05, 4.69) is 5.10 Å². The quantitative estimate of drug-likeness (QED) is 0.590. The van der Waals surface area contributed by atoms with Gasteiger partial charge in [-0.15, -0.1) is 0 Å². The van der Waals surface area contributed by atoms with Gasteiger partial charge in [-0.1, -0.05) is 12.1 Å². The van der Waals surface area contributed by atoms with Gasteiger partial charge in [0, 0.05) is 17.9 Å². The Hall–Kier alpha value is -3.26. The van der Waals surface area contributed by atoms with Gasteiger partial charge in [-0.3, -0.25) is 0 Å². The molecule has 0 aliphatic heterocycles. The second-order valence-electron chi connectivity index (χ2n) is 6.02. The molecule has 1 aromatic heterocycles. The number of alkyl halides is 3. The molecule has 29 heavy (non-hydrogen) atoms. The number of aromatic nitrogens is 2. The number of halogens is 5. The van der Waals surface area contributed by atoms with Crippen LogP contribution in [-0.2, 0) is 16.0 Å². The summed E-state index contributed by atoms with van der Waals surface area (Å²) in [5, 5.41) is 12.3. The van der Waals surface area contributed by atoms with Gasteiger partial charge < -0.3 is 0 Å². The van der Waals surface area contributed by atoms with E-state index < -0.39 is 43.9 Å². The maximum atomic E-state index is 14.6. The van der Waals surface area contributed by atoms with Crippen molar-refractivity contribution >= 4 is 9.84 Å². The normalized spacial score (nSPS) is 12.0. The lowest BCUT2D eigenvalue weighted by Gasteiger charge is -2.11. The van der Waals surface area contributed by atoms with E-state index in [-0.39, 0.29) is 16.8 Å². The molecule has 3 aromatic rings. The molecule has 0 saturated heterocycles. The van der Waals surface area contributed by atoms with Gasteiger partial charge in [0.2, 0.25) is 0 Å². The van der Waals surface area contributed by atoms with Crippen molar-refractivity contribution in [2.75, 3.05) is 6.26 Å². The highest BCUT2D eigenvalue weighted by atomic mass is 32.2. The van der Waals surface area contributed by atoms with Gasteiger partial charge in [0.05, 0.1) is 17.3 Å². The Morgan fingerprint density at radius 3 is 2.34 bits per heavy atom. The molecule has 2 aromatic carbocycles. The Morgan fingerprint density at radius 2 is 1.76 bits per heavy atom. The Labute approximate surface area is 161 Å². The lowest BCUT2D eigenvalue weighted by Crippen LogP contribution is -2.10. The summed E-state index contributed by atoms with van der Waals surface area (Å²) in [4.78, 5) is -0.935. The molecule has 0 saturated carbocycles. The minimum absolute atomic E-state index is 0.0963. The second kappa shape index (κ2) is 6.97. The van der Waals surface area contributed by atoms with E-state index in [4.69, 9.17) is 5.26 Å². The van der Waals surface area contributed by atoms with Crippen molar-refractivity contribution in [1.82, 2.24) is 9.78 Å². The molecule has 0 bridgehead atoms. The van der Waals surface area contributed by atoms with Crippen molar-refractivity contribution < 1.29 is 30.4 Å². The van der Waals surface area contributed by atoms with Crippen molar-refractivity contribution in [2.45, 2.75) is 11.1 Å². The summed E-state index contributed by atoms with van der Waals surface area (Å²) in [6, 6.07) is 8.73. The van der Waals surface area contributed by atoms with Crippen molar-refractivity contribution in [3.8, 4) is 23.0 Å². The summed E-state index contributed by atoms with van der Waals surface area (Å²) < 4.78 is 92.0. The number of sulfone groups is 1. The average molecular weight is 427 g/mol. The van der Waals surface area contributed by atoms with Crippen LogP contribution in [0.15, 0.2) is 47.4 Å². The molecule has 0 atom stereocenters. The van der Waals surface area contributed by atoms with Gasteiger partial charge in [0.15, 0.2) is 15.5 Å². The van der Waals surface area contributed by atoms with E-state index >= 15 is 0 Å². The lowest BCUT2D eigenvalue weighted by atomic mass is 10.1. The van der Waals surface area contributed by atoms with Gasteiger partial charge in [0.1, 0.15) is 22.2 Å². The third-order valence-corrected chi connectivity index (χ3v) is 5.03. The predicted molar refractivity (Wildman–Crippen MR) is 91.7 cm³/mol. The van der Waals surface area contributed by atoms with Crippen LogP contribution in [0, 0.1) is 23.0 Å².